The first-order valence-electron chi connectivity index (χ1n) is 10.3. The van der Waals surface area contributed by atoms with Crippen LogP contribution in [0.25, 0.3) is 0 Å². The number of hydrogen-bond donors (Lipinski definition) is 1. The molecule has 1 atom stereocenters. The minimum Gasteiger partial charge on any atom is -0.321 e. The van der Waals surface area contributed by atoms with Crippen LogP contribution in [0.5, 0.6) is 0 Å². The van der Waals surface area contributed by atoms with Crippen LogP contribution in [0.4, 0.5) is 15.8 Å². The normalized spacial score (nSPS) is 16.9. The Morgan fingerprint density at radius 2 is 1.73 bits per heavy atom. The van der Waals surface area contributed by atoms with Crippen molar-refractivity contribution in [2.24, 2.45) is 0 Å². The van der Waals surface area contributed by atoms with Gasteiger partial charge in [0.25, 0.3) is 5.91 Å². The molecule has 0 aliphatic carbocycles. The van der Waals surface area contributed by atoms with Crippen LogP contribution in [0, 0.1) is 24.1 Å². The van der Waals surface area contributed by atoms with Gasteiger partial charge in [0.15, 0.2) is 0 Å². The third kappa shape index (κ3) is 4.97. The summed E-state index contributed by atoms with van der Waals surface area (Å²) in [6.07, 6.45) is 0.467. The molecule has 7 heteroatoms. The minimum absolute atomic E-state index is 0.173. The van der Waals surface area contributed by atoms with Crippen LogP contribution >= 0.6 is 11.8 Å². The minimum atomic E-state index is -0.656. The number of aryl methyl sites for hydroxylation is 1. The fourth-order valence-electron chi connectivity index (χ4n) is 3.46. The molecule has 1 heterocycles. The van der Waals surface area contributed by atoms with Crippen molar-refractivity contribution in [1.82, 2.24) is 0 Å². The zero-order valence-electron chi connectivity index (χ0n) is 17.8. The van der Waals surface area contributed by atoms with E-state index < -0.39 is 17.0 Å². The lowest BCUT2D eigenvalue weighted by Gasteiger charge is -2.18. The summed E-state index contributed by atoms with van der Waals surface area (Å²) in [5.74, 6) is -1.28. The first-order valence-corrected chi connectivity index (χ1v) is 11.2. The summed E-state index contributed by atoms with van der Waals surface area (Å²) in [6.45, 7) is 2.00. The van der Waals surface area contributed by atoms with Crippen molar-refractivity contribution in [3.05, 3.63) is 106 Å². The molecule has 1 fully saturated rings. The van der Waals surface area contributed by atoms with E-state index in [4.69, 9.17) is 0 Å². The lowest BCUT2D eigenvalue weighted by Crippen LogP contribution is -2.30. The average molecular weight is 458 g/mol. The van der Waals surface area contributed by atoms with Gasteiger partial charge in [0, 0.05) is 11.4 Å². The molecular formula is C26H20FN3O2S. The van der Waals surface area contributed by atoms with Crippen LogP contribution in [0.2, 0.25) is 0 Å². The molecule has 1 aliphatic heterocycles. The Kier molecular flexibility index (Phi) is 6.57. The number of nitrogens with zero attached hydrogens (tertiary/aromatic N) is 2. The van der Waals surface area contributed by atoms with Gasteiger partial charge in [-0.15, -0.1) is 0 Å². The van der Waals surface area contributed by atoms with Crippen molar-refractivity contribution in [1.29, 1.82) is 5.26 Å². The van der Waals surface area contributed by atoms with E-state index in [9.17, 15) is 19.2 Å². The number of anilines is 2. The van der Waals surface area contributed by atoms with Gasteiger partial charge in [-0.25, -0.2) is 4.39 Å². The molecule has 0 unspecified atom stereocenters. The fraction of sp³-hybridized carbons (Fsp3) is 0.115. The zero-order chi connectivity index (χ0) is 23.4. The van der Waals surface area contributed by atoms with E-state index in [1.165, 1.54) is 40.9 Å². The average Bonchev–Trinajstić information content (AvgIpc) is 3.13. The molecule has 0 aromatic heterocycles. The van der Waals surface area contributed by atoms with Gasteiger partial charge in [0.2, 0.25) is 5.91 Å². The van der Waals surface area contributed by atoms with Crippen LogP contribution in [-0.4, -0.2) is 17.1 Å². The largest absolute Gasteiger partial charge is 0.321 e. The number of rotatable bonds is 5. The second kappa shape index (κ2) is 9.72. The second-order valence-corrected chi connectivity index (χ2v) is 8.75. The van der Waals surface area contributed by atoms with Crippen LogP contribution < -0.4 is 10.2 Å². The SMILES string of the molecule is Cc1ccc(C[C@H]2S/C(=C(/C#N)C(=O)Nc3ccc(F)cc3)N(c3ccccc3)C2=O)cc1. The summed E-state index contributed by atoms with van der Waals surface area (Å²) in [4.78, 5) is 27.8. The van der Waals surface area contributed by atoms with Crippen molar-refractivity contribution < 1.29 is 14.0 Å². The first kappa shape index (κ1) is 22.3. The maximum Gasteiger partial charge on any atom is 0.269 e. The molecule has 1 saturated heterocycles. The number of benzene rings is 3. The molecule has 164 valence electrons. The molecule has 0 spiro atoms. The standard InChI is InChI=1S/C26H20FN3O2S/c1-17-7-9-18(10-8-17)15-23-25(32)30(21-5-3-2-4-6-21)26(33-23)22(16-28)24(31)29-20-13-11-19(27)12-14-20/h2-14,23H,15H2,1H3,(H,29,31)/b26-22-/t23-/m1/s1. The van der Waals surface area contributed by atoms with Crippen molar-refractivity contribution >= 4 is 35.0 Å². The van der Waals surface area contributed by atoms with Crippen LogP contribution in [0.3, 0.4) is 0 Å². The Morgan fingerprint density at radius 1 is 1.06 bits per heavy atom. The number of para-hydroxylation sites is 1. The highest BCUT2D eigenvalue weighted by Gasteiger charge is 2.40. The summed E-state index contributed by atoms with van der Waals surface area (Å²) >= 11 is 1.21. The van der Waals surface area contributed by atoms with Gasteiger partial charge in [-0.3, -0.25) is 14.5 Å². The molecule has 3 aromatic rings. The van der Waals surface area contributed by atoms with E-state index in [2.05, 4.69) is 5.32 Å². The number of carbonyl (C=O) groups excluding carboxylic acids is 2. The third-order valence-electron chi connectivity index (χ3n) is 5.16. The Balaban J connectivity index is 1.70. The van der Waals surface area contributed by atoms with E-state index >= 15 is 0 Å². The molecule has 1 aliphatic rings. The molecular weight excluding hydrogens is 437 g/mol. The monoisotopic (exact) mass is 457 g/mol. The van der Waals surface area contributed by atoms with Crippen molar-refractivity contribution in [2.75, 3.05) is 10.2 Å². The maximum atomic E-state index is 13.4. The van der Waals surface area contributed by atoms with Crippen LogP contribution in [0.1, 0.15) is 11.1 Å². The number of thioether (sulfide) groups is 1. The van der Waals surface area contributed by atoms with Gasteiger partial charge in [-0.1, -0.05) is 59.8 Å². The zero-order valence-corrected chi connectivity index (χ0v) is 18.6. The summed E-state index contributed by atoms with van der Waals surface area (Å²) in [5.41, 5.74) is 2.88. The third-order valence-corrected chi connectivity index (χ3v) is 6.43. The lowest BCUT2D eigenvalue weighted by molar-refractivity contribution is -0.117. The number of carbonyl (C=O) groups is 2. The van der Waals surface area contributed by atoms with Crippen molar-refractivity contribution in [3.63, 3.8) is 0 Å². The van der Waals surface area contributed by atoms with Crippen LogP contribution in [-0.2, 0) is 16.0 Å². The summed E-state index contributed by atoms with van der Waals surface area (Å²) in [5, 5.41) is 12.3. The smallest absolute Gasteiger partial charge is 0.269 e. The Bertz CT molecular complexity index is 1250. The van der Waals surface area contributed by atoms with E-state index in [-0.39, 0.29) is 16.5 Å². The van der Waals surface area contributed by atoms with E-state index in [0.717, 1.165) is 11.1 Å². The summed E-state index contributed by atoms with van der Waals surface area (Å²) < 4.78 is 13.2. The predicted octanol–water partition coefficient (Wildman–Crippen LogP) is 5.20. The van der Waals surface area contributed by atoms with Crippen molar-refractivity contribution in [2.45, 2.75) is 18.6 Å². The van der Waals surface area contributed by atoms with Gasteiger partial charge >= 0.3 is 0 Å². The molecule has 0 bridgehead atoms. The van der Waals surface area contributed by atoms with Gasteiger partial charge < -0.3 is 5.32 Å². The van der Waals surface area contributed by atoms with Gasteiger partial charge in [-0.05, 0) is 55.3 Å². The Hall–Kier alpha value is -3.89. The first-order chi connectivity index (χ1) is 16.0. The van der Waals surface area contributed by atoms with Gasteiger partial charge in [0.05, 0.1) is 5.25 Å². The molecule has 5 nitrogen and oxygen atoms in total. The molecule has 2 amide bonds. The summed E-state index contributed by atoms with van der Waals surface area (Å²) in [6, 6.07) is 24.1. The second-order valence-electron chi connectivity index (χ2n) is 7.56. The maximum absolute atomic E-state index is 13.4. The van der Waals surface area contributed by atoms with E-state index in [0.29, 0.717) is 17.8 Å². The van der Waals surface area contributed by atoms with Gasteiger partial charge in [-0.2, -0.15) is 5.26 Å². The summed E-state index contributed by atoms with van der Waals surface area (Å²) in [7, 11) is 0. The quantitative estimate of drug-likeness (QED) is 0.422. The molecule has 33 heavy (non-hydrogen) atoms. The highest BCUT2D eigenvalue weighted by atomic mass is 32.2. The topological polar surface area (TPSA) is 73.2 Å². The van der Waals surface area contributed by atoms with E-state index in [1.807, 2.05) is 43.3 Å². The van der Waals surface area contributed by atoms with E-state index in [1.54, 1.807) is 24.3 Å². The predicted molar refractivity (Wildman–Crippen MR) is 128 cm³/mol. The Labute approximate surface area is 195 Å². The number of nitriles is 1. The number of halogens is 1. The fourth-order valence-corrected chi connectivity index (χ4v) is 4.77. The number of nitrogens with one attached hydrogen (secondary N) is 1. The number of hydrogen-bond acceptors (Lipinski definition) is 4. The number of amides is 2. The molecule has 0 radical (unpaired) electrons. The highest BCUT2D eigenvalue weighted by Crippen LogP contribution is 2.42. The van der Waals surface area contributed by atoms with Gasteiger partial charge in [0.1, 0.15) is 22.5 Å². The highest BCUT2D eigenvalue weighted by molar-refractivity contribution is 8.05. The molecule has 4 rings (SSSR count). The molecule has 3 aromatic carbocycles. The molecule has 0 saturated carbocycles. The van der Waals surface area contributed by atoms with Crippen molar-refractivity contribution in [3.8, 4) is 6.07 Å². The molecule has 1 N–H and O–H groups in total. The van der Waals surface area contributed by atoms with Crippen LogP contribution in [0.15, 0.2) is 89.5 Å². The lowest BCUT2D eigenvalue weighted by atomic mass is 10.1. The Morgan fingerprint density at radius 3 is 2.36 bits per heavy atom.